The van der Waals surface area contributed by atoms with E-state index in [0.717, 1.165) is 11.1 Å². The maximum atomic E-state index is 10.9. The number of ether oxygens (including phenoxy) is 3. The molecule has 0 saturated carbocycles. The largest absolute Gasteiger partial charge is 0.463 e. The van der Waals surface area contributed by atoms with Gasteiger partial charge in [-0.3, -0.25) is 4.79 Å². The van der Waals surface area contributed by atoms with E-state index in [0.29, 0.717) is 0 Å². The van der Waals surface area contributed by atoms with E-state index in [9.17, 15) is 20.1 Å². The molecule has 0 aromatic carbocycles. The maximum Gasteiger partial charge on any atom is 0.302 e. The predicted molar refractivity (Wildman–Crippen MR) is 91.5 cm³/mol. The molecule has 1 aliphatic rings. The van der Waals surface area contributed by atoms with E-state index in [-0.39, 0.29) is 19.1 Å². The Morgan fingerprint density at radius 3 is 2.32 bits per heavy atom. The van der Waals surface area contributed by atoms with Gasteiger partial charge in [-0.25, -0.2) is 0 Å². The molecule has 0 bridgehead atoms. The fraction of sp³-hybridized carbons (Fsp3) is 0.611. The Balaban J connectivity index is 2.72. The summed E-state index contributed by atoms with van der Waals surface area (Å²) in [6.45, 7) is 12.5. The van der Waals surface area contributed by atoms with Crippen LogP contribution in [-0.4, -0.2) is 65.2 Å². The van der Waals surface area contributed by atoms with Gasteiger partial charge < -0.3 is 29.5 Å². The number of hydrogen-bond donors (Lipinski definition) is 3. The van der Waals surface area contributed by atoms with Crippen LogP contribution in [0.5, 0.6) is 0 Å². The number of carbonyl (C=O) groups is 1. The first-order valence-corrected chi connectivity index (χ1v) is 8.07. The number of hydrogen-bond acceptors (Lipinski definition) is 7. The molecule has 7 nitrogen and oxygen atoms in total. The zero-order valence-corrected chi connectivity index (χ0v) is 14.9. The third-order valence-corrected chi connectivity index (χ3v) is 3.81. The quantitative estimate of drug-likeness (QED) is 0.334. The highest BCUT2D eigenvalue weighted by molar-refractivity contribution is 5.65. The highest BCUT2D eigenvalue weighted by Gasteiger charge is 2.44. The van der Waals surface area contributed by atoms with Crippen molar-refractivity contribution >= 4 is 5.97 Å². The second kappa shape index (κ2) is 9.84. The second-order valence-electron chi connectivity index (χ2n) is 6.31. The van der Waals surface area contributed by atoms with Gasteiger partial charge in [0.15, 0.2) is 6.29 Å². The predicted octanol–water partition coefficient (Wildman–Crippen LogP) is 0.698. The highest BCUT2D eigenvalue weighted by Crippen LogP contribution is 2.24. The molecular formula is C18H28O7. The van der Waals surface area contributed by atoms with Crippen LogP contribution >= 0.6 is 0 Å². The Morgan fingerprint density at radius 2 is 1.80 bits per heavy atom. The Hall–Kier alpha value is -1.51. The molecule has 0 spiro atoms. The number of esters is 1. The summed E-state index contributed by atoms with van der Waals surface area (Å²) in [6, 6.07) is 0. The Labute approximate surface area is 148 Å². The number of aliphatic hydroxyl groups excluding tert-OH is 3. The lowest BCUT2D eigenvalue weighted by molar-refractivity contribution is -0.302. The van der Waals surface area contributed by atoms with Crippen LogP contribution in [0.15, 0.2) is 36.5 Å². The maximum absolute atomic E-state index is 10.9. The molecule has 1 rings (SSSR count). The molecule has 0 aromatic rings. The van der Waals surface area contributed by atoms with E-state index in [1.54, 1.807) is 0 Å². The van der Waals surface area contributed by atoms with Gasteiger partial charge in [0.2, 0.25) is 0 Å². The van der Waals surface area contributed by atoms with Crippen LogP contribution in [0.1, 0.15) is 20.8 Å². The van der Waals surface area contributed by atoms with Gasteiger partial charge in [0.05, 0.1) is 6.61 Å². The zero-order chi connectivity index (χ0) is 19.1. The van der Waals surface area contributed by atoms with Crippen LogP contribution in [0, 0.1) is 5.92 Å². The molecule has 0 aromatic heterocycles. The first-order chi connectivity index (χ1) is 11.6. The monoisotopic (exact) mass is 356 g/mol. The van der Waals surface area contributed by atoms with Crippen LogP contribution in [0.25, 0.3) is 0 Å². The van der Waals surface area contributed by atoms with Crippen molar-refractivity contribution in [1.82, 2.24) is 0 Å². The van der Waals surface area contributed by atoms with Gasteiger partial charge in [0, 0.05) is 12.8 Å². The molecule has 7 heteroatoms. The minimum Gasteiger partial charge on any atom is -0.463 e. The molecule has 3 N–H and O–H groups in total. The molecule has 0 aliphatic carbocycles. The lowest BCUT2D eigenvalue weighted by Gasteiger charge is -2.40. The summed E-state index contributed by atoms with van der Waals surface area (Å²) in [5.41, 5.74) is 1.72. The molecule has 142 valence electrons. The average molecular weight is 356 g/mol. The molecule has 0 radical (unpaired) electrons. The lowest BCUT2D eigenvalue weighted by atomic mass is 9.99. The first kappa shape index (κ1) is 21.5. The second-order valence-corrected chi connectivity index (χ2v) is 6.31. The van der Waals surface area contributed by atoms with Crippen LogP contribution in [0.4, 0.5) is 0 Å². The van der Waals surface area contributed by atoms with Gasteiger partial charge >= 0.3 is 5.97 Å². The van der Waals surface area contributed by atoms with E-state index < -0.39 is 36.7 Å². The SMILES string of the molecule is C=C(C)C=CC(COC1OC(COC(C)=O)C(O)C(O)C1O)C(=C)C. The van der Waals surface area contributed by atoms with Crippen molar-refractivity contribution in [3.05, 3.63) is 36.5 Å². The van der Waals surface area contributed by atoms with Crippen LogP contribution in [0.2, 0.25) is 0 Å². The Bertz CT molecular complexity index is 514. The van der Waals surface area contributed by atoms with Gasteiger partial charge in [0.1, 0.15) is 31.0 Å². The van der Waals surface area contributed by atoms with Crippen molar-refractivity contribution in [3.63, 3.8) is 0 Å². The highest BCUT2D eigenvalue weighted by atomic mass is 16.7. The summed E-state index contributed by atoms with van der Waals surface area (Å²) >= 11 is 0. The van der Waals surface area contributed by atoms with Crippen molar-refractivity contribution in [2.45, 2.75) is 51.5 Å². The summed E-state index contributed by atoms with van der Waals surface area (Å²) in [4.78, 5) is 10.9. The van der Waals surface area contributed by atoms with E-state index >= 15 is 0 Å². The van der Waals surface area contributed by atoms with E-state index in [1.165, 1.54) is 6.92 Å². The minimum atomic E-state index is -1.48. The zero-order valence-electron chi connectivity index (χ0n) is 14.9. The van der Waals surface area contributed by atoms with Crippen molar-refractivity contribution in [1.29, 1.82) is 0 Å². The standard InChI is InChI=1S/C18H28O7/c1-10(2)6-7-13(11(3)4)8-24-18-17(22)16(21)15(20)14(25-18)9-23-12(5)19/h6-7,13-18,20-22H,1,3,8-9H2,2,4-5H3. The molecule has 1 fully saturated rings. The molecule has 0 amide bonds. The molecule has 1 heterocycles. The van der Waals surface area contributed by atoms with Crippen LogP contribution in [0.3, 0.4) is 0 Å². The van der Waals surface area contributed by atoms with Crippen molar-refractivity contribution < 1.29 is 34.3 Å². The summed E-state index contributed by atoms with van der Waals surface area (Å²) in [5.74, 6) is -0.676. The number of rotatable bonds is 8. The summed E-state index contributed by atoms with van der Waals surface area (Å²) < 4.78 is 15.8. The Morgan fingerprint density at radius 1 is 1.16 bits per heavy atom. The summed E-state index contributed by atoms with van der Waals surface area (Å²) in [6.07, 6.45) is -2.76. The third-order valence-electron chi connectivity index (χ3n) is 3.81. The molecule has 25 heavy (non-hydrogen) atoms. The molecular weight excluding hydrogens is 328 g/mol. The van der Waals surface area contributed by atoms with E-state index in [4.69, 9.17) is 14.2 Å². The van der Waals surface area contributed by atoms with Gasteiger partial charge in [-0.2, -0.15) is 0 Å². The fourth-order valence-electron chi connectivity index (χ4n) is 2.23. The Kier molecular flexibility index (Phi) is 8.47. The summed E-state index contributed by atoms with van der Waals surface area (Å²) in [7, 11) is 0. The van der Waals surface area contributed by atoms with Crippen molar-refractivity contribution in [2.75, 3.05) is 13.2 Å². The topological polar surface area (TPSA) is 105 Å². The van der Waals surface area contributed by atoms with E-state index in [2.05, 4.69) is 13.2 Å². The first-order valence-electron chi connectivity index (χ1n) is 8.07. The number of carbonyl (C=O) groups excluding carboxylic acids is 1. The minimum absolute atomic E-state index is 0.136. The molecule has 1 aliphatic heterocycles. The van der Waals surface area contributed by atoms with Crippen molar-refractivity contribution in [2.24, 2.45) is 5.92 Å². The van der Waals surface area contributed by atoms with Crippen molar-refractivity contribution in [3.8, 4) is 0 Å². The summed E-state index contributed by atoms with van der Waals surface area (Å²) in [5, 5.41) is 29.9. The smallest absolute Gasteiger partial charge is 0.302 e. The van der Waals surface area contributed by atoms with Gasteiger partial charge in [-0.05, 0) is 13.8 Å². The molecule has 1 saturated heterocycles. The van der Waals surface area contributed by atoms with Crippen LogP contribution < -0.4 is 0 Å². The molecule has 6 unspecified atom stereocenters. The average Bonchev–Trinajstić information content (AvgIpc) is 2.52. The third kappa shape index (κ3) is 6.72. The van der Waals surface area contributed by atoms with E-state index in [1.807, 2.05) is 26.0 Å². The van der Waals surface area contributed by atoms with Gasteiger partial charge in [0.25, 0.3) is 0 Å². The van der Waals surface area contributed by atoms with Crippen LogP contribution in [-0.2, 0) is 19.0 Å². The lowest BCUT2D eigenvalue weighted by Crippen LogP contribution is -2.59. The molecule has 6 atom stereocenters. The van der Waals surface area contributed by atoms with Gasteiger partial charge in [-0.1, -0.05) is 36.5 Å². The fourth-order valence-corrected chi connectivity index (χ4v) is 2.23. The number of allylic oxidation sites excluding steroid dienone is 2. The van der Waals surface area contributed by atoms with Gasteiger partial charge in [-0.15, -0.1) is 0 Å². The number of aliphatic hydroxyl groups is 3. The normalized spacial score (nSPS) is 30.9.